The Kier molecular flexibility index (Phi) is 5.76. The normalized spacial score (nSPS) is 12.2. The molecule has 5 heteroatoms. The molecule has 1 amide bonds. The van der Waals surface area contributed by atoms with E-state index in [1.165, 1.54) is 12.1 Å². The van der Waals surface area contributed by atoms with Gasteiger partial charge in [0.2, 0.25) is 0 Å². The Labute approximate surface area is 113 Å². The van der Waals surface area contributed by atoms with Crippen molar-refractivity contribution in [1.29, 1.82) is 0 Å². The maximum atomic E-state index is 13.5. The summed E-state index contributed by atoms with van der Waals surface area (Å²) in [6.45, 7) is 4.04. The van der Waals surface area contributed by atoms with Crippen LogP contribution in [0.4, 0.5) is 10.1 Å². The molecule has 1 aromatic rings. The first-order valence-electron chi connectivity index (χ1n) is 6.35. The summed E-state index contributed by atoms with van der Waals surface area (Å²) in [7, 11) is 1.58. The fourth-order valence-electron chi connectivity index (χ4n) is 1.85. The molecule has 0 radical (unpaired) electrons. The number of carbonyl (C=O) groups is 1. The molecule has 0 fully saturated rings. The van der Waals surface area contributed by atoms with Gasteiger partial charge in [-0.3, -0.25) is 4.79 Å². The quantitative estimate of drug-likeness (QED) is 0.778. The number of nitrogens with two attached hydrogens (primary N) is 1. The molecule has 0 aliphatic heterocycles. The number of nitrogens with one attached hydrogen (secondary N) is 1. The second-order valence-electron chi connectivity index (χ2n) is 4.59. The Hall–Kier alpha value is -1.62. The van der Waals surface area contributed by atoms with Crippen LogP contribution in [-0.4, -0.2) is 25.7 Å². The van der Waals surface area contributed by atoms with Crippen LogP contribution in [0, 0.1) is 12.7 Å². The summed E-state index contributed by atoms with van der Waals surface area (Å²) in [5, 5.41) is 2.82. The van der Waals surface area contributed by atoms with Crippen LogP contribution in [0.2, 0.25) is 0 Å². The summed E-state index contributed by atoms with van der Waals surface area (Å²) in [6.07, 6.45) is 1.74. The van der Waals surface area contributed by atoms with Gasteiger partial charge in [-0.25, -0.2) is 4.39 Å². The van der Waals surface area contributed by atoms with Crippen molar-refractivity contribution in [2.75, 3.05) is 19.5 Å². The monoisotopic (exact) mass is 268 g/mol. The smallest absolute Gasteiger partial charge is 0.251 e. The van der Waals surface area contributed by atoms with Crippen LogP contribution < -0.4 is 11.1 Å². The van der Waals surface area contributed by atoms with Crippen molar-refractivity contribution in [1.82, 2.24) is 5.32 Å². The van der Waals surface area contributed by atoms with E-state index < -0.39 is 5.82 Å². The number of carbonyl (C=O) groups excluding carboxylic acids is 1. The molecule has 1 rings (SSSR count). The molecule has 0 aliphatic rings. The van der Waals surface area contributed by atoms with E-state index in [2.05, 4.69) is 5.32 Å². The molecule has 1 aromatic carbocycles. The minimum absolute atomic E-state index is 0.0758. The fourth-order valence-corrected chi connectivity index (χ4v) is 1.85. The lowest BCUT2D eigenvalue weighted by atomic mass is 10.1. The standard InChI is InChI=1S/C14H21FN2O2/c1-4-5-11(8-19-3)17-14(18)10-6-12(15)9(2)13(16)7-10/h6-7,11H,4-5,8,16H2,1-3H3,(H,17,18). The average molecular weight is 268 g/mol. The van der Waals surface area contributed by atoms with E-state index in [-0.39, 0.29) is 23.2 Å². The molecule has 0 aromatic heterocycles. The van der Waals surface area contributed by atoms with Crippen molar-refractivity contribution in [2.24, 2.45) is 0 Å². The average Bonchev–Trinajstić information content (AvgIpc) is 2.35. The van der Waals surface area contributed by atoms with Gasteiger partial charge in [-0.2, -0.15) is 0 Å². The summed E-state index contributed by atoms with van der Waals surface area (Å²) in [5.41, 5.74) is 6.54. The van der Waals surface area contributed by atoms with Crippen LogP contribution in [0.25, 0.3) is 0 Å². The van der Waals surface area contributed by atoms with Crippen molar-refractivity contribution >= 4 is 11.6 Å². The Morgan fingerprint density at radius 3 is 2.74 bits per heavy atom. The number of hydrogen-bond acceptors (Lipinski definition) is 3. The number of anilines is 1. The number of amides is 1. The number of nitrogen functional groups attached to an aromatic ring is 1. The first kappa shape index (κ1) is 15.4. The topological polar surface area (TPSA) is 64.3 Å². The molecule has 0 spiro atoms. The van der Waals surface area contributed by atoms with Crippen molar-refractivity contribution in [2.45, 2.75) is 32.7 Å². The number of methoxy groups -OCH3 is 1. The maximum Gasteiger partial charge on any atom is 0.251 e. The Morgan fingerprint density at radius 1 is 1.53 bits per heavy atom. The molecule has 1 atom stereocenters. The molecular weight excluding hydrogens is 247 g/mol. The first-order chi connectivity index (χ1) is 8.99. The second-order valence-corrected chi connectivity index (χ2v) is 4.59. The van der Waals surface area contributed by atoms with Crippen LogP contribution in [0.1, 0.15) is 35.7 Å². The van der Waals surface area contributed by atoms with Gasteiger partial charge < -0.3 is 15.8 Å². The molecule has 1 unspecified atom stereocenters. The van der Waals surface area contributed by atoms with E-state index in [0.717, 1.165) is 12.8 Å². The summed E-state index contributed by atoms with van der Waals surface area (Å²) in [6, 6.07) is 2.62. The van der Waals surface area contributed by atoms with Crippen LogP contribution in [0.15, 0.2) is 12.1 Å². The highest BCUT2D eigenvalue weighted by Crippen LogP contribution is 2.17. The molecule has 4 nitrogen and oxygen atoms in total. The van der Waals surface area contributed by atoms with Crippen molar-refractivity contribution in [3.8, 4) is 0 Å². The minimum Gasteiger partial charge on any atom is -0.398 e. The van der Waals surface area contributed by atoms with Crippen LogP contribution >= 0.6 is 0 Å². The number of rotatable bonds is 6. The second kappa shape index (κ2) is 7.09. The van der Waals surface area contributed by atoms with Gasteiger partial charge in [0.15, 0.2) is 0 Å². The number of hydrogen-bond donors (Lipinski definition) is 2. The zero-order valence-electron chi connectivity index (χ0n) is 11.6. The lowest BCUT2D eigenvalue weighted by Gasteiger charge is -2.17. The predicted octanol–water partition coefficient (Wildman–Crippen LogP) is 2.26. The highest BCUT2D eigenvalue weighted by Gasteiger charge is 2.15. The Morgan fingerprint density at radius 2 is 2.21 bits per heavy atom. The van der Waals surface area contributed by atoms with Gasteiger partial charge in [0.05, 0.1) is 12.6 Å². The van der Waals surface area contributed by atoms with Gasteiger partial charge in [-0.05, 0) is 25.5 Å². The largest absolute Gasteiger partial charge is 0.398 e. The van der Waals surface area contributed by atoms with E-state index >= 15 is 0 Å². The van der Waals surface area contributed by atoms with Gasteiger partial charge in [0.1, 0.15) is 5.82 Å². The summed E-state index contributed by atoms with van der Waals surface area (Å²) in [4.78, 5) is 12.0. The number of ether oxygens (including phenoxy) is 1. The van der Waals surface area contributed by atoms with E-state index in [1.807, 2.05) is 6.92 Å². The number of benzene rings is 1. The molecule has 19 heavy (non-hydrogen) atoms. The third kappa shape index (κ3) is 4.21. The first-order valence-corrected chi connectivity index (χ1v) is 6.35. The molecular formula is C14H21FN2O2. The SMILES string of the molecule is CCCC(COC)NC(=O)c1cc(N)c(C)c(F)c1. The lowest BCUT2D eigenvalue weighted by Crippen LogP contribution is -2.38. The van der Waals surface area contributed by atoms with E-state index in [4.69, 9.17) is 10.5 Å². The maximum absolute atomic E-state index is 13.5. The zero-order valence-corrected chi connectivity index (χ0v) is 11.6. The molecule has 3 N–H and O–H groups in total. The van der Waals surface area contributed by atoms with Gasteiger partial charge >= 0.3 is 0 Å². The third-order valence-electron chi connectivity index (χ3n) is 2.99. The molecule has 0 saturated carbocycles. The number of halogens is 1. The molecule has 0 aliphatic carbocycles. The van der Waals surface area contributed by atoms with Crippen LogP contribution in [0.3, 0.4) is 0 Å². The fraction of sp³-hybridized carbons (Fsp3) is 0.500. The molecule has 0 bridgehead atoms. The molecule has 0 heterocycles. The Bertz CT molecular complexity index is 420. The van der Waals surface area contributed by atoms with E-state index in [0.29, 0.717) is 12.2 Å². The minimum atomic E-state index is -0.469. The summed E-state index contributed by atoms with van der Waals surface area (Å²) >= 11 is 0. The summed E-state index contributed by atoms with van der Waals surface area (Å²) in [5.74, 6) is -0.801. The van der Waals surface area contributed by atoms with Crippen LogP contribution in [0.5, 0.6) is 0 Å². The lowest BCUT2D eigenvalue weighted by molar-refractivity contribution is 0.0891. The molecule has 106 valence electrons. The van der Waals surface area contributed by atoms with Crippen molar-refractivity contribution < 1.29 is 13.9 Å². The highest BCUT2D eigenvalue weighted by atomic mass is 19.1. The van der Waals surface area contributed by atoms with Crippen molar-refractivity contribution in [3.05, 3.63) is 29.1 Å². The van der Waals surface area contributed by atoms with Gasteiger partial charge in [0.25, 0.3) is 5.91 Å². The van der Waals surface area contributed by atoms with Gasteiger partial charge in [-0.1, -0.05) is 13.3 Å². The van der Waals surface area contributed by atoms with Gasteiger partial charge in [0, 0.05) is 23.9 Å². The van der Waals surface area contributed by atoms with E-state index in [9.17, 15) is 9.18 Å². The zero-order chi connectivity index (χ0) is 14.4. The third-order valence-corrected chi connectivity index (χ3v) is 2.99. The molecule has 0 saturated heterocycles. The van der Waals surface area contributed by atoms with Crippen LogP contribution in [-0.2, 0) is 4.74 Å². The summed E-state index contributed by atoms with van der Waals surface area (Å²) < 4.78 is 18.6. The highest BCUT2D eigenvalue weighted by molar-refractivity contribution is 5.95. The van der Waals surface area contributed by atoms with E-state index in [1.54, 1.807) is 14.0 Å². The van der Waals surface area contributed by atoms with Gasteiger partial charge in [-0.15, -0.1) is 0 Å². The Balaban J connectivity index is 2.82. The predicted molar refractivity (Wildman–Crippen MR) is 73.6 cm³/mol. The van der Waals surface area contributed by atoms with Crippen molar-refractivity contribution in [3.63, 3.8) is 0 Å².